The Hall–Kier alpha value is -3.57. The summed E-state index contributed by atoms with van der Waals surface area (Å²) >= 11 is 0. The van der Waals surface area contributed by atoms with Crippen molar-refractivity contribution < 1.29 is 224 Å². The van der Waals surface area contributed by atoms with Gasteiger partial charge in [0.05, 0.1) is 0 Å². The molecule has 0 radical (unpaired) electrons. The van der Waals surface area contributed by atoms with Crippen LogP contribution in [-0.4, -0.2) is 148 Å². The van der Waals surface area contributed by atoms with Crippen molar-refractivity contribution >= 4 is 0 Å². The standard InChI is InChI=1S/C26H3F51.C2H6/c1-2(27,28)3(29,30)4(31,32)5(33,34)6(35,36)7(37,38)8(39,40)9(41,42)10(43,44)11(45,46)12(47,48)13(49,50)14(51,52)15(53,54)16(55,56)17(57,58)18(59,60)19(61,62)20(63,64)21(65,66)22(67,68)23(69,70)24(71,72)25(73,74)26(75,76)77;1-2/h1H3;1-2H3. The van der Waals surface area contributed by atoms with Crippen LogP contribution in [0.4, 0.5) is 224 Å². The molecule has 0 aliphatic rings. The topological polar surface area (TPSA) is 0 Å². The van der Waals surface area contributed by atoms with Crippen LogP contribution in [0.25, 0.3) is 0 Å². The molecule has 0 atom stereocenters. The molecule has 0 nitrogen and oxygen atoms in total. The number of alkyl halides is 51. The molecule has 0 saturated heterocycles. The van der Waals surface area contributed by atoms with Gasteiger partial charge >= 0.3 is 148 Å². The quantitative estimate of drug-likeness (QED) is 0.0895. The van der Waals surface area contributed by atoms with E-state index in [2.05, 4.69) is 0 Å². The fourth-order valence-corrected chi connectivity index (χ4v) is 4.59. The maximum absolute atomic E-state index is 14.1. The van der Waals surface area contributed by atoms with Crippen molar-refractivity contribution in [2.45, 2.75) is 169 Å². The molecule has 79 heavy (non-hydrogen) atoms. The second kappa shape index (κ2) is 18.7. The van der Waals surface area contributed by atoms with Gasteiger partial charge in [-0.25, -0.2) is 0 Å². The Morgan fingerprint density at radius 3 is 0.241 bits per heavy atom. The molecule has 0 bridgehead atoms. The van der Waals surface area contributed by atoms with Gasteiger partial charge in [0.15, 0.2) is 0 Å². The van der Waals surface area contributed by atoms with Gasteiger partial charge in [-0.15, -0.1) is 0 Å². The molecule has 0 heterocycles. The maximum Gasteiger partial charge on any atom is 0.460 e. The lowest BCUT2D eigenvalue weighted by Gasteiger charge is -2.48. The lowest BCUT2D eigenvalue weighted by Crippen LogP contribution is -2.81. The summed E-state index contributed by atoms with van der Waals surface area (Å²) in [7, 11) is 0. The predicted molar refractivity (Wildman–Crippen MR) is 142 cm³/mol. The fourth-order valence-electron chi connectivity index (χ4n) is 4.59. The van der Waals surface area contributed by atoms with Gasteiger partial charge in [0.2, 0.25) is 0 Å². The molecule has 0 aliphatic heterocycles. The van der Waals surface area contributed by atoms with E-state index in [1.165, 1.54) is 0 Å². The van der Waals surface area contributed by atoms with Gasteiger partial charge in [-0.05, 0) is 0 Å². The van der Waals surface area contributed by atoms with Gasteiger partial charge in [-0.2, -0.15) is 224 Å². The van der Waals surface area contributed by atoms with Gasteiger partial charge < -0.3 is 0 Å². The van der Waals surface area contributed by atoms with Crippen molar-refractivity contribution in [3.63, 3.8) is 0 Å². The van der Waals surface area contributed by atoms with Crippen LogP contribution in [-0.2, 0) is 0 Å². The number of hydrogen-bond acceptors (Lipinski definition) is 0. The van der Waals surface area contributed by atoms with Crippen LogP contribution in [0.2, 0.25) is 0 Å². The highest BCUT2D eigenvalue weighted by atomic mass is 19.5. The largest absolute Gasteiger partial charge is 0.460 e. The molecule has 478 valence electrons. The lowest BCUT2D eigenvalue weighted by molar-refractivity contribution is -0.499. The van der Waals surface area contributed by atoms with Crippen molar-refractivity contribution in [3.05, 3.63) is 0 Å². The Kier molecular flexibility index (Phi) is 18.4. The summed E-state index contributed by atoms with van der Waals surface area (Å²) in [6.07, 6.45) is -8.64. The van der Waals surface area contributed by atoms with Crippen LogP contribution < -0.4 is 0 Å². The monoisotopic (exact) mass is 1310 g/mol. The molecule has 0 fully saturated rings. The first kappa shape index (κ1) is 77.5. The molecule has 0 amide bonds. The molecular weight excluding hydrogens is 1310 g/mol. The maximum atomic E-state index is 14.1. The van der Waals surface area contributed by atoms with E-state index in [-0.39, 0.29) is 0 Å². The minimum Gasteiger partial charge on any atom is -0.200 e. The Morgan fingerprint density at radius 2 is 0.177 bits per heavy atom. The second-order valence-corrected chi connectivity index (χ2v) is 14.6. The Labute approximate surface area is 394 Å². The SMILES string of the molecule is CC.CC(F)(F)C(F)(F)C(F)(F)C(F)(F)C(F)(F)C(F)(F)C(F)(F)C(F)(F)C(F)(F)C(F)(F)C(F)(F)C(F)(F)C(F)(F)C(F)(F)C(F)(F)C(F)(F)C(F)(F)C(F)(F)C(F)(F)C(F)(F)C(F)(F)C(F)(F)C(F)(F)C(F)(F)C(F)(F)F. The van der Waals surface area contributed by atoms with Gasteiger partial charge in [0.1, 0.15) is 0 Å². The Morgan fingerprint density at radius 1 is 0.114 bits per heavy atom. The van der Waals surface area contributed by atoms with Crippen molar-refractivity contribution in [1.29, 1.82) is 0 Å². The normalized spacial score (nSPS) is 17.2. The van der Waals surface area contributed by atoms with Gasteiger partial charge in [-0.1, -0.05) is 13.8 Å². The first-order valence-corrected chi connectivity index (χ1v) is 17.1. The molecule has 51 heteroatoms. The molecule has 0 aliphatic carbocycles. The van der Waals surface area contributed by atoms with Crippen LogP contribution in [0.1, 0.15) is 20.8 Å². The molecular formula is C28H9F51. The molecule has 0 aromatic rings. The molecule has 0 unspecified atom stereocenters. The Balaban J connectivity index is 0. The first-order chi connectivity index (χ1) is 33.0. The zero-order chi connectivity index (χ0) is 66.5. The van der Waals surface area contributed by atoms with E-state index in [0.29, 0.717) is 0 Å². The molecule has 0 saturated carbocycles. The van der Waals surface area contributed by atoms with Gasteiger partial charge in [-0.3, -0.25) is 0 Å². The first-order valence-electron chi connectivity index (χ1n) is 17.1. The van der Waals surface area contributed by atoms with Gasteiger partial charge in [0.25, 0.3) is 0 Å². The van der Waals surface area contributed by atoms with Crippen LogP contribution in [0, 0.1) is 0 Å². The van der Waals surface area contributed by atoms with E-state index in [0.717, 1.165) is 0 Å². The third-order valence-corrected chi connectivity index (χ3v) is 9.58. The smallest absolute Gasteiger partial charge is 0.200 e. The van der Waals surface area contributed by atoms with Crippen LogP contribution in [0.5, 0.6) is 0 Å². The fraction of sp³-hybridized carbons (Fsp3) is 1.00. The predicted octanol–water partition coefficient (Wildman–Crippen LogP) is 17.8. The van der Waals surface area contributed by atoms with E-state index in [9.17, 15) is 224 Å². The highest BCUT2D eigenvalue weighted by molar-refractivity contribution is 5.25. The average Bonchev–Trinajstić information content (AvgIpc) is 3.21. The summed E-state index contributed by atoms with van der Waals surface area (Å²) in [5.74, 6) is -246. The third-order valence-electron chi connectivity index (χ3n) is 9.58. The lowest BCUT2D eigenvalue weighted by atomic mass is 9.81. The molecule has 0 N–H and O–H groups in total. The minimum absolute atomic E-state index is 1.86. The molecule has 0 rings (SSSR count). The van der Waals surface area contributed by atoms with E-state index in [1.54, 1.807) is 0 Å². The van der Waals surface area contributed by atoms with Crippen molar-refractivity contribution in [3.8, 4) is 0 Å². The summed E-state index contributed by atoms with van der Waals surface area (Å²) in [6.45, 7) is 2.14. The van der Waals surface area contributed by atoms with Crippen molar-refractivity contribution in [2.75, 3.05) is 0 Å². The highest BCUT2D eigenvalue weighted by Gasteiger charge is 3.05. The van der Waals surface area contributed by atoms with Crippen molar-refractivity contribution in [2.24, 2.45) is 0 Å². The zero-order valence-electron chi connectivity index (χ0n) is 34.8. The van der Waals surface area contributed by atoms with E-state index in [1.807, 2.05) is 13.8 Å². The number of hydrogen-bond donors (Lipinski definition) is 0. The summed E-state index contributed by atoms with van der Waals surface area (Å²) in [5.41, 5.74) is 0. The van der Waals surface area contributed by atoms with Crippen molar-refractivity contribution in [1.82, 2.24) is 0 Å². The third kappa shape index (κ3) is 8.65. The molecule has 0 spiro atoms. The van der Waals surface area contributed by atoms with Crippen LogP contribution >= 0.6 is 0 Å². The molecule has 0 aromatic carbocycles. The van der Waals surface area contributed by atoms with Crippen LogP contribution in [0.3, 0.4) is 0 Å². The van der Waals surface area contributed by atoms with E-state index >= 15 is 0 Å². The Bertz CT molecular complexity index is 1980. The number of halogens is 51. The average molecular weight is 1310 g/mol. The minimum atomic E-state index is -11.0. The summed E-state index contributed by atoms with van der Waals surface area (Å²) < 4.78 is 698. The second-order valence-electron chi connectivity index (χ2n) is 14.6. The molecule has 0 aromatic heterocycles. The summed E-state index contributed by atoms with van der Waals surface area (Å²) in [5, 5.41) is 0. The van der Waals surface area contributed by atoms with E-state index < -0.39 is 155 Å². The van der Waals surface area contributed by atoms with Gasteiger partial charge in [0, 0.05) is 6.92 Å². The zero-order valence-corrected chi connectivity index (χ0v) is 34.8. The van der Waals surface area contributed by atoms with Crippen LogP contribution in [0.15, 0.2) is 0 Å². The van der Waals surface area contributed by atoms with E-state index in [4.69, 9.17) is 0 Å². The highest BCUT2D eigenvalue weighted by Crippen LogP contribution is 2.73. The summed E-state index contributed by atoms with van der Waals surface area (Å²) in [6, 6.07) is 0. The number of rotatable bonds is 23. The summed E-state index contributed by atoms with van der Waals surface area (Å²) in [4.78, 5) is 0.